The van der Waals surface area contributed by atoms with E-state index in [2.05, 4.69) is 140 Å². The number of rotatable bonds is 6. The number of nitrogens with zero attached hydrogens (tertiary/aromatic N) is 4. The summed E-state index contributed by atoms with van der Waals surface area (Å²) in [6, 6.07) is 44.2. The summed E-state index contributed by atoms with van der Waals surface area (Å²) in [4.78, 5) is 4.82. The first-order chi connectivity index (χ1) is 23.3. The van der Waals surface area contributed by atoms with Crippen molar-refractivity contribution >= 4 is 21.8 Å². The van der Waals surface area contributed by atoms with Crippen molar-refractivity contribution in [3.05, 3.63) is 163 Å². The summed E-state index contributed by atoms with van der Waals surface area (Å²) in [7, 11) is 0. The summed E-state index contributed by atoms with van der Waals surface area (Å²) in [6.45, 7) is 8.81. The van der Waals surface area contributed by atoms with Crippen LogP contribution in [0.5, 0.6) is 11.5 Å². The monoisotopic (exact) mass is 624 g/mol. The highest BCUT2D eigenvalue weighted by atomic mass is 16.5. The van der Waals surface area contributed by atoms with Gasteiger partial charge in [0.1, 0.15) is 17.3 Å². The highest BCUT2D eigenvalue weighted by Crippen LogP contribution is 2.36. The Hall–Kier alpha value is -5.94. The molecule has 0 bridgehead atoms. The summed E-state index contributed by atoms with van der Waals surface area (Å²) in [5.74, 6) is 2.40. The summed E-state index contributed by atoms with van der Waals surface area (Å²) < 4.78 is 12.8. The first-order valence-electron chi connectivity index (χ1n) is 16.3. The molecule has 5 nitrogen and oxygen atoms in total. The zero-order valence-electron chi connectivity index (χ0n) is 27.6. The normalized spacial score (nSPS) is 11.8. The summed E-state index contributed by atoms with van der Waals surface area (Å²) >= 11 is 0. The molecule has 8 rings (SSSR count). The van der Waals surface area contributed by atoms with Crippen molar-refractivity contribution in [1.82, 2.24) is 14.1 Å². The summed E-state index contributed by atoms with van der Waals surface area (Å²) in [5.41, 5.74) is 8.98. The van der Waals surface area contributed by atoms with Crippen LogP contribution in [0.2, 0.25) is 0 Å². The Kier molecular flexibility index (Phi) is 7.18. The lowest BCUT2D eigenvalue weighted by Crippen LogP contribution is -2.29. The van der Waals surface area contributed by atoms with Gasteiger partial charge in [0.05, 0.1) is 22.4 Å². The van der Waals surface area contributed by atoms with Gasteiger partial charge in [-0.15, -0.1) is 0 Å². The predicted octanol–water partition coefficient (Wildman–Crippen LogP) is 10.1. The molecule has 0 amide bonds. The number of hydrogen-bond donors (Lipinski definition) is 0. The Balaban J connectivity index is 1.14. The molecule has 5 heteroatoms. The van der Waals surface area contributed by atoms with Gasteiger partial charge in [-0.05, 0) is 83.6 Å². The lowest BCUT2D eigenvalue weighted by Gasteiger charge is -2.20. The van der Waals surface area contributed by atoms with Gasteiger partial charge in [-0.3, -0.25) is 13.7 Å². The second-order valence-corrected chi connectivity index (χ2v) is 13.3. The molecule has 0 radical (unpaired) electrons. The fourth-order valence-corrected chi connectivity index (χ4v) is 6.40. The maximum Gasteiger partial charge on any atom is 0.268 e. The number of benzene rings is 5. The zero-order chi connectivity index (χ0) is 32.8. The minimum Gasteiger partial charge on any atom is -0.458 e. The first kappa shape index (κ1) is 29.5. The number of aryl methyl sites for hydroxylation is 1. The van der Waals surface area contributed by atoms with E-state index in [1.807, 2.05) is 53.5 Å². The number of ether oxygens (including phenoxy) is 1. The quantitative estimate of drug-likeness (QED) is 0.136. The Bertz CT molecular complexity index is 2430. The van der Waals surface area contributed by atoms with Crippen LogP contribution in [0, 0.1) is 13.3 Å². The van der Waals surface area contributed by atoms with E-state index in [1.54, 1.807) is 0 Å². The van der Waals surface area contributed by atoms with Crippen molar-refractivity contribution in [3.63, 3.8) is 0 Å². The van der Waals surface area contributed by atoms with Gasteiger partial charge in [0.15, 0.2) is 0 Å². The molecule has 3 heterocycles. The third-order valence-corrected chi connectivity index (χ3v) is 8.90. The largest absolute Gasteiger partial charge is 0.458 e. The van der Waals surface area contributed by atoms with Crippen LogP contribution in [0.3, 0.4) is 0 Å². The minimum absolute atomic E-state index is 0.0103. The van der Waals surface area contributed by atoms with E-state index in [0.29, 0.717) is 0 Å². The molecule has 0 aliphatic heterocycles. The number of aromatic nitrogens is 4. The zero-order valence-corrected chi connectivity index (χ0v) is 27.6. The summed E-state index contributed by atoms with van der Waals surface area (Å²) in [5, 5.41) is 2.34. The maximum atomic E-state index is 6.53. The van der Waals surface area contributed by atoms with Crippen LogP contribution in [0.25, 0.3) is 50.1 Å². The Morgan fingerprint density at radius 1 is 0.708 bits per heavy atom. The lowest BCUT2D eigenvalue weighted by molar-refractivity contribution is -0.598. The van der Waals surface area contributed by atoms with Gasteiger partial charge >= 0.3 is 0 Å². The van der Waals surface area contributed by atoms with Crippen LogP contribution in [0.15, 0.2) is 146 Å². The van der Waals surface area contributed by atoms with E-state index >= 15 is 0 Å². The fourth-order valence-electron chi connectivity index (χ4n) is 6.40. The molecule has 0 aliphatic carbocycles. The molecule has 8 aromatic rings. The van der Waals surface area contributed by atoms with Crippen LogP contribution < -0.4 is 9.30 Å². The smallest absolute Gasteiger partial charge is 0.268 e. The first-order valence-corrected chi connectivity index (χ1v) is 16.3. The van der Waals surface area contributed by atoms with E-state index in [1.165, 1.54) is 22.1 Å². The molecule has 5 aromatic carbocycles. The molecule has 0 unspecified atom stereocenters. The van der Waals surface area contributed by atoms with Gasteiger partial charge in [-0.1, -0.05) is 93.1 Å². The van der Waals surface area contributed by atoms with Crippen molar-refractivity contribution in [2.24, 2.45) is 0 Å². The van der Waals surface area contributed by atoms with E-state index < -0.39 is 0 Å². The van der Waals surface area contributed by atoms with E-state index in [0.717, 1.165) is 50.7 Å². The van der Waals surface area contributed by atoms with Crippen LogP contribution in [-0.2, 0) is 5.41 Å². The van der Waals surface area contributed by atoms with Gasteiger partial charge in [0, 0.05) is 35.4 Å². The highest BCUT2D eigenvalue weighted by Gasteiger charge is 2.18. The molecule has 3 aromatic heterocycles. The molecule has 0 spiro atoms. The van der Waals surface area contributed by atoms with Crippen molar-refractivity contribution in [2.75, 3.05) is 0 Å². The molecule has 234 valence electrons. The second kappa shape index (κ2) is 11.7. The number of pyridine rings is 1. The predicted molar refractivity (Wildman–Crippen MR) is 194 cm³/mol. The number of para-hydroxylation sites is 1. The molecule has 0 aliphatic rings. The van der Waals surface area contributed by atoms with Crippen LogP contribution in [0.1, 0.15) is 31.9 Å². The van der Waals surface area contributed by atoms with Crippen molar-refractivity contribution in [1.29, 1.82) is 0 Å². The topological polar surface area (TPSA) is 35.9 Å². The van der Waals surface area contributed by atoms with Crippen molar-refractivity contribution in [2.45, 2.75) is 33.1 Å². The van der Waals surface area contributed by atoms with Crippen LogP contribution in [-0.4, -0.2) is 14.1 Å². The average molecular weight is 625 g/mol. The maximum absolute atomic E-state index is 6.53. The number of imidazole rings is 1. The molecule has 48 heavy (non-hydrogen) atoms. The lowest BCUT2D eigenvalue weighted by atomic mass is 9.88. The van der Waals surface area contributed by atoms with E-state index in [4.69, 9.17) is 9.72 Å². The van der Waals surface area contributed by atoms with Crippen LogP contribution >= 0.6 is 0 Å². The Morgan fingerprint density at radius 3 is 2.35 bits per heavy atom. The Morgan fingerprint density at radius 2 is 1.50 bits per heavy atom. The molecule has 0 saturated heterocycles. The van der Waals surface area contributed by atoms with Crippen molar-refractivity contribution in [3.8, 4) is 39.8 Å². The fraction of sp³-hybridized carbons (Fsp3) is 0.116. The standard InChI is InChI=1S/C43H36N4O/c1-30-17-19-36(31-11-6-5-7-12-31)40(25-30)46-24-23-45(29-46)33-13-10-14-34(27-33)48-35-18-20-38-37-15-8-9-16-39(37)47(41(38)28-35)42-26-32(21-22-44-42)43(2,3)4/h5-28H,1-4H3. The Labute approximate surface area is 281 Å². The van der Waals surface area contributed by atoms with Gasteiger partial charge < -0.3 is 4.74 Å². The molecule has 0 N–H and O–H groups in total. The molecule has 0 fully saturated rings. The minimum atomic E-state index is 0.0103. The van der Waals surface area contributed by atoms with Gasteiger partial charge in [0.25, 0.3) is 6.33 Å². The van der Waals surface area contributed by atoms with Crippen molar-refractivity contribution < 1.29 is 9.30 Å². The van der Waals surface area contributed by atoms with Gasteiger partial charge in [-0.2, -0.15) is 0 Å². The third kappa shape index (κ3) is 5.43. The van der Waals surface area contributed by atoms with Gasteiger partial charge in [-0.25, -0.2) is 4.98 Å². The van der Waals surface area contributed by atoms with E-state index in [-0.39, 0.29) is 5.41 Å². The molecular formula is C43H36N4O. The molecule has 0 saturated carbocycles. The molecule has 0 atom stereocenters. The molecular weight excluding hydrogens is 589 g/mol. The third-order valence-electron chi connectivity index (χ3n) is 8.90. The number of fused-ring (bicyclic) bond motifs is 3. The van der Waals surface area contributed by atoms with Crippen LogP contribution in [0.4, 0.5) is 0 Å². The second-order valence-electron chi connectivity index (χ2n) is 13.3. The number of hydrogen-bond acceptors (Lipinski definition) is 2. The van der Waals surface area contributed by atoms with Gasteiger partial charge in [0.2, 0.25) is 0 Å². The average Bonchev–Trinajstić information content (AvgIpc) is 3.72. The summed E-state index contributed by atoms with van der Waals surface area (Å²) in [6.07, 6.45) is 9.50. The SMILES string of the molecule is Cc1ccc(-c2ccccc2)c(-[n+]2[c-]n(-c3cccc(Oc4ccc5c6ccccc6n(-c6cc(C(C)(C)C)ccn6)c5c4)c3)cc2)c1. The highest BCUT2D eigenvalue weighted by molar-refractivity contribution is 6.09. The van der Waals surface area contributed by atoms with E-state index in [9.17, 15) is 0 Å².